The number of amides is 1. The van der Waals surface area contributed by atoms with Gasteiger partial charge in [0.15, 0.2) is 0 Å². The maximum absolute atomic E-state index is 12.4. The van der Waals surface area contributed by atoms with Crippen molar-refractivity contribution in [2.45, 2.75) is 13.3 Å². The lowest BCUT2D eigenvalue weighted by atomic mass is 10.2. The molecule has 1 heterocycles. The Balaban J connectivity index is 1.49. The molecule has 2 aromatic carbocycles. The third kappa shape index (κ3) is 4.67. The van der Waals surface area contributed by atoms with E-state index in [4.69, 9.17) is 0 Å². The van der Waals surface area contributed by atoms with Crippen LogP contribution in [0.3, 0.4) is 0 Å². The van der Waals surface area contributed by atoms with Gasteiger partial charge in [0, 0.05) is 24.3 Å². The summed E-state index contributed by atoms with van der Waals surface area (Å²) in [5.74, 6) is -0.0445. The largest absolute Gasteiger partial charge is 0.385 e. The van der Waals surface area contributed by atoms with Gasteiger partial charge in [0.2, 0.25) is 0 Å². The molecule has 0 aliphatic carbocycles. The number of thiazole rings is 1. The Morgan fingerprint density at radius 3 is 2.40 bits per heavy atom. The van der Waals surface area contributed by atoms with Gasteiger partial charge in [-0.05, 0) is 25.5 Å². The summed E-state index contributed by atoms with van der Waals surface area (Å²) in [4.78, 5) is 17.6. The van der Waals surface area contributed by atoms with Gasteiger partial charge in [-0.1, -0.05) is 48.5 Å². The van der Waals surface area contributed by atoms with Crippen LogP contribution in [0, 0.1) is 6.92 Å². The first-order valence-electron chi connectivity index (χ1n) is 8.34. The number of hydrogen-bond acceptors (Lipinski definition) is 4. The van der Waals surface area contributed by atoms with Gasteiger partial charge in [-0.3, -0.25) is 4.79 Å². The highest BCUT2D eigenvalue weighted by Crippen LogP contribution is 2.27. The molecule has 128 valence electrons. The fourth-order valence-electron chi connectivity index (χ4n) is 2.47. The molecular weight excluding hydrogens is 330 g/mol. The maximum Gasteiger partial charge on any atom is 0.263 e. The molecule has 0 fully saturated rings. The van der Waals surface area contributed by atoms with Crippen LogP contribution in [-0.2, 0) is 0 Å². The van der Waals surface area contributed by atoms with E-state index in [2.05, 4.69) is 15.6 Å². The number of nitrogens with zero attached hydrogens (tertiary/aromatic N) is 1. The van der Waals surface area contributed by atoms with Crippen molar-refractivity contribution in [1.82, 2.24) is 10.3 Å². The minimum Gasteiger partial charge on any atom is -0.385 e. The Labute approximate surface area is 151 Å². The highest BCUT2D eigenvalue weighted by atomic mass is 32.1. The van der Waals surface area contributed by atoms with Gasteiger partial charge in [0.25, 0.3) is 5.91 Å². The number of benzene rings is 2. The lowest BCUT2D eigenvalue weighted by molar-refractivity contribution is 0.0957. The molecule has 25 heavy (non-hydrogen) atoms. The van der Waals surface area contributed by atoms with Crippen LogP contribution in [0.25, 0.3) is 10.6 Å². The third-order valence-corrected chi connectivity index (χ3v) is 4.97. The highest BCUT2D eigenvalue weighted by molar-refractivity contribution is 7.17. The molecule has 0 atom stereocenters. The molecule has 2 N–H and O–H groups in total. The fourth-order valence-corrected chi connectivity index (χ4v) is 3.46. The summed E-state index contributed by atoms with van der Waals surface area (Å²) < 4.78 is 0. The monoisotopic (exact) mass is 351 g/mol. The minimum absolute atomic E-state index is 0.0445. The van der Waals surface area contributed by atoms with E-state index < -0.39 is 0 Å². The van der Waals surface area contributed by atoms with Crippen molar-refractivity contribution in [1.29, 1.82) is 0 Å². The van der Waals surface area contributed by atoms with Crippen molar-refractivity contribution in [3.63, 3.8) is 0 Å². The lowest BCUT2D eigenvalue weighted by Gasteiger charge is -2.07. The number of rotatable bonds is 7. The van der Waals surface area contributed by atoms with Gasteiger partial charge >= 0.3 is 0 Å². The zero-order valence-corrected chi connectivity index (χ0v) is 15.0. The molecule has 0 bridgehead atoms. The van der Waals surface area contributed by atoms with Gasteiger partial charge in [-0.2, -0.15) is 0 Å². The number of anilines is 1. The summed E-state index contributed by atoms with van der Waals surface area (Å²) >= 11 is 1.44. The SMILES string of the molecule is Cc1nc(-c2ccccc2)sc1C(=O)NCCCNc1ccccc1. The first-order chi connectivity index (χ1) is 12.2. The zero-order chi connectivity index (χ0) is 17.5. The predicted molar refractivity (Wildman–Crippen MR) is 104 cm³/mol. The van der Waals surface area contributed by atoms with E-state index in [-0.39, 0.29) is 5.91 Å². The molecule has 0 aliphatic heterocycles. The van der Waals surface area contributed by atoms with Crippen LogP contribution in [-0.4, -0.2) is 24.0 Å². The van der Waals surface area contributed by atoms with Crippen molar-refractivity contribution < 1.29 is 4.79 Å². The summed E-state index contributed by atoms with van der Waals surface area (Å²) in [5.41, 5.74) is 2.92. The maximum atomic E-state index is 12.4. The van der Waals surface area contributed by atoms with Crippen molar-refractivity contribution in [2.75, 3.05) is 18.4 Å². The standard InChI is InChI=1S/C20H21N3OS/c1-15-18(25-20(23-15)16-9-4-2-5-10-16)19(24)22-14-8-13-21-17-11-6-3-7-12-17/h2-7,9-12,21H,8,13-14H2,1H3,(H,22,24). The van der Waals surface area contributed by atoms with Crippen LogP contribution in [0.4, 0.5) is 5.69 Å². The second-order valence-corrected chi connectivity index (χ2v) is 6.70. The second-order valence-electron chi connectivity index (χ2n) is 5.70. The van der Waals surface area contributed by atoms with E-state index in [0.29, 0.717) is 11.4 Å². The van der Waals surface area contributed by atoms with Crippen LogP contribution >= 0.6 is 11.3 Å². The number of aromatic nitrogens is 1. The molecule has 0 saturated heterocycles. The van der Waals surface area contributed by atoms with Crippen molar-refractivity contribution in [2.24, 2.45) is 0 Å². The van der Waals surface area contributed by atoms with Crippen LogP contribution in [0.5, 0.6) is 0 Å². The van der Waals surface area contributed by atoms with Crippen molar-refractivity contribution in [3.8, 4) is 10.6 Å². The van der Waals surface area contributed by atoms with Gasteiger partial charge in [0.05, 0.1) is 5.69 Å². The van der Waals surface area contributed by atoms with Crippen LogP contribution in [0.15, 0.2) is 60.7 Å². The Morgan fingerprint density at radius 1 is 1.00 bits per heavy atom. The summed E-state index contributed by atoms with van der Waals surface area (Å²) in [6.07, 6.45) is 0.865. The van der Waals surface area contributed by atoms with Gasteiger partial charge < -0.3 is 10.6 Å². The topological polar surface area (TPSA) is 54.0 Å². The van der Waals surface area contributed by atoms with Crippen LogP contribution in [0.2, 0.25) is 0 Å². The number of para-hydroxylation sites is 1. The quantitative estimate of drug-likeness (QED) is 0.622. The van der Waals surface area contributed by atoms with E-state index in [9.17, 15) is 4.79 Å². The molecule has 0 spiro atoms. The predicted octanol–water partition coefficient (Wildman–Crippen LogP) is 4.35. The first kappa shape index (κ1) is 17.2. The van der Waals surface area contributed by atoms with Gasteiger partial charge in [-0.25, -0.2) is 4.98 Å². The van der Waals surface area contributed by atoms with Gasteiger partial charge in [-0.15, -0.1) is 11.3 Å². The molecule has 3 aromatic rings. The van der Waals surface area contributed by atoms with Crippen LogP contribution in [0.1, 0.15) is 21.8 Å². The smallest absolute Gasteiger partial charge is 0.263 e. The fraction of sp³-hybridized carbons (Fsp3) is 0.200. The molecule has 0 unspecified atom stereocenters. The Bertz CT molecular complexity index is 815. The lowest BCUT2D eigenvalue weighted by Crippen LogP contribution is -2.25. The van der Waals surface area contributed by atoms with E-state index in [1.165, 1.54) is 11.3 Å². The zero-order valence-electron chi connectivity index (χ0n) is 14.2. The first-order valence-corrected chi connectivity index (χ1v) is 9.15. The van der Waals surface area contributed by atoms with Crippen molar-refractivity contribution >= 4 is 22.9 Å². The Hall–Kier alpha value is -2.66. The summed E-state index contributed by atoms with van der Waals surface area (Å²) in [7, 11) is 0. The van der Waals surface area contributed by atoms with E-state index >= 15 is 0 Å². The van der Waals surface area contributed by atoms with E-state index in [1.54, 1.807) is 0 Å². The highest BCUT2D eigenvalue weighted by Gasteiger charge is 2.15. The van der Waals surface area contributed by atoms with Gasteiger partial charge in [0.1, 0.15) is 9.88 Å². The van der Waals surface area contributed by atoms with E-state index in [0.717, 1.165) is 34.9 Å². The average molecular weight is 351 g/mol. The summed E-state index contributed by atoms with van der Waals surface area (Å²) in [6.45, 7) is 3.34. The summed E-state index contributed by atoms with van der Waals surface area (Å²) in [5, 5.41) is 7.20. The van der Waals surface area contributed by atoms with Crippen molar-refractivity contribution in [3.05, 3.63) is 71.2 Å². The molecule has 5 heteroatoms. The average Bonchev–Trinajstić information content (AvgIpc) is 3.05. The molecule has 4 nitrogen and oxygen atoms in total. The van der Waals surface area contributed by atoms with Crippen LogP contribution < -0.4 is 10.6 Å². The molecule has 0 aliphatic rings. The Kier molecular flexibility index (Phi) is 5.80. The number of aryl methyl sites for hydroxylation is 1. The molecule has 1 amide bonds. The number of nitrogens with one attached hydrogen (secondary N) is 2. The second kappa shape index (κ2) is 8.44. The molecule has 0 radical (unpaired) electrons. The molecule has 3 rings (SSSR count). The molecule has 0 saturated carbocycles. The molecular formula is C20H21N3OS. The number of hydrogen-bond donors (Lipinski definition) is 2. The number of carbonyl (C=O) groups is 1. The summed E-state index contributed by atoms with van der Waals surface area (Å²) in [6, 6.07) is 20.0. The third-order valence-electron chi connectivity index (χ3n) is 3.77. The number of carbonyl (C=O) groups excluding carboxylic acids is 1. The minimum atomic E-state index is -0.0445. The normalized spacial score (nSPS) is 10.4. The molecule has 1 aromatic heterocycles. The Morgan fingerprint density at radius 2 is 1.68 bits per heavy atom. The van der Waals surface area contributed by atoms with E-state index in [1.807, 2.05) is 67.6 Å².